The van der Waals surface area contributed by atoms with Crippen molar-refractivity contribution >= 4 is 17.8 Å². The van der Waals surface area contributed by atoms with Crippen LogP contribution in [0.5, 0.6) is 0 Å². The summed E-state index contributed by atoms with van der Waals surface area (Å²) >= 11 is 0. The number of likely N-dealkylation sites (tertiary alicyclic amines) is 1. The lowest BCUT2D eigenvalue weighted by Crippen LogP contribution is -2.56. The van der Waals surface area contributed by atoms with Crippen molar-refractivity contribution in [1.29, 1.82) is 0 Å². The summed E-state index contributed by atoms with van der Waals surface area (Å²) < 4.78 is 13.3. The van der Waals surface area contributed by atoms with Crippen LogP contribution in [0.2, 0.25) is 0 Å². The molecule has 2 fully saturated rings. The molecule has 0 radical (unpaired) electrons. The van der Waals surface area contributed by atoms with Crippen LogP contribution in [-0.4, -0.2) is 65.3 Å². The van der Waals surface area contributed by atoms with Crippen molar-refractivity contribution in [3.63, 3.8) is 0 Å². The Labute approximate surface area is 133 Å². The van der Waals surface area contributed by atoms with Crippen LogP contribution >= 0.6 is 0 Å². The Bertz CT molecular complexity index is 683. The number of piperidine rings is 1. The molecule has 2 aliphatic heterocycles. The second-order valence-electron chi connectivity index (χ2n) is 6.04. The predicted octanol–water partition coefficient (Wildman–Crippen LogP) is 1.32. The number of halogens is 1. The summed E-state index contributed by atoms with van der Waals surface area (Å²) in [5, 5.41) is 0. The third kappa shape index (κ3) is 2.27. The third-order valence-electron chi connectivity index (χ3n) is 4.87. The van der Waals surface area contributed by atoms with E-state index in [1.165, 1.54) is 30.1 Å². The molecule has 0 atom stereocenters. The minimum Gasteiger partial charge on any atom is -0.338 e. The van der Waals surface area contributed by atoms with Gasteiger partial charge in [-0.2, -0.15) is 0 Å². The molecule has 6 nitrogen and oxygen atoms in total. The first kappa shape index (κ1) is 15.5. The van der Waals surface area contributed by atoms with E-state index in [2.05, 4.69) is 0 Å². The number of rotatable bonds is 1. The van der Waals surface area contributed by atoms with E-state index in [0.717, 1.165) is 4.90 Å². The molecule has 0 aliphatic carbocycles. The molecular weight excluding hydrogens is 301 g/mol. The molecular formula is C16H18FN3O3. The number of benzene rings is 1. The van der Waals surface area contributed by atoms with Crippen molar-refractivity contribution in [2.24, 2.45) is 0 Å². The Balaban J connectivity index is 1.75. The van der Waals surface area contributed by atoms with Gasteiger partial charge >= 0.3 is 6.03 Å². The fourth-order valence-electron chi connectivity index (χ4n) is 3.38. The lowest BCUT2D eigenvalue weighted by Gasteiger charge is -2.40. The van der Waals surface area contributed by atoms with Gasteiger partial charge in [-0.25, -0.2) is 9.18 Å². The normalized spacial score (nSPS) is 20.6. The van der Waals surface area contributed by atoms with Crippen LogP contribution in [0, 0.1) is 5.82 Å². The van der Waals surface area contributed by atoms with Crippen molar-refractivity contribution in [3.05, 3.63) is 35.6 Å². The molecule has 2 heterocycles. The Hall–Kier alpha value is -2.44. The fourth-order valence-corrected chi connectivity index (χ4v) is 3.38. The molecule has 0 N–H and O–H groups in total. The first-order chi connectivity index (χ1) is 10.9. The maximum atomic E-state index is 13.3. The molecule has 0 unspecified atom stereocenters. The summed E-state index contributed by atoms with van der Waals surface area (Å²) in [7, 11) is 3.09. The van der Waals surface area contributed by atoms with E-state index in [1.807, 2.05) is 0 Å². The number of urea groups is 1. The van der Waals surface area contributed by atoms with Crippen LogP contribution in [0.15, 0.2) is 24.3 Å². The summed E-state index contributed by atoms with van der Waals surface area (Å²) in [6.45, 7) is 0.707. The standard InChI is InChI=1S/C16H18FN3O3/c1-18-14(22)16(19(2)15(18)23)6-8-20(9-7-16)13(21)11-4-3-5-12(17)10-11/h3-5,10H,6-9H2,1-2H3. The van der Waals surface area contributed by atoms with E-state index in [-0.39, 0.29) is 17.8 Å². The first-order valence-electron chi connectivity index (χ1n) is 7.47. The van der Waals surface area contributed by atoms with Gasteiger partial charge in [0.1, 0.15) is 11.4 Å². The lowest BCUT2D eigenvalue weighted by molar-refractivity contribution is -0.134. The Morgan fingerprint density at radius 3 is 2.35 bits per heavy atom. The number of hydrogen-bond donors (Lipinski definition) is 0. The summed E-state index contributed by atoms with van der Waals surface area (Å²) in [5.41, 5.74) is -0.565. The van der Waals surface area contributed by atoms with Crippen molar-refractivity contribution in [1.82, 2.24) is 14.7 Å². The van der Waals surface area contributed by atoms with E-state index in [9.17, 15) is 18.8 Å². The second kappa shape index (κ2) is 5.33. The predicted molar refractivity (Wildman–Crippen MR) is 80.2 cm³/mol. The van der Waals surface area contributed by atoms with E-state index in [4.69, 9.17) is 0 Å². The van der Waals surface area contributed by atoms with Crippen LogP contribution in [0.4, 0.5) is 9.18 Å². The summed E-state index contributed by atoms with van der Waals surface area (Å²) in [4.78, 5) is 41.0. The molecule has 0 saturated carbocycles. The van der Waals surface area contributed by atoms with Gasteiger partial charge in [-0.1, -0.05) is 6.07 Å². The molecule has 0 aromatic heterocycles. The molecule has 1 aromatic rings. The topological polar surface area (TPSA) is 60.9 Å². The van der Waals surface area contributed by atoms with E-state index >= 15 is 0 Å². The van der Waals surface area contributed by atoms with Crippen molar-refractivity contribution in [2.45, 2.75) is 18.4 Å². The van der Waals surface area contributed by atoms with Gasteiger partial charge in [0.05, 0.1) is 0 Å². The zero-order valence-corrected chi connectivity index (χ0v) is 13.1. The van der Waals surface area contributed by atoms with Crippen molar-refractivity contribution in [3.8, 4) is 0 Å². The lowest BCUT2D eigenvalue weighted by atomic mass is 9.86. The van der Waals surface area contributed by atoms with Gasteiger partial charge in [-0.05, 0) is 31.0 Å². The smallest absolute Gasteiger partial charge is 0.327 e. The highest BCUT2D eigenvalue weighted by Gasteiger charge is 2.55. The highest BCUT2D eigenvalue weighted by molar-refractivity contribution is 6.06. The number of nitrogens with zero attached hydrogens (tertiary/aromatic N) is 3. The average Bonchev–Trinajstić information content (AvgIpc) is 2.71. The fraction of sp³-hybridized carbons (Fsp3) is 0.438. The van der Waals surface area contributed by atoms with Crippen molar-refractivity contribution in [2.75, 3.05) is 27.2 Å². The van der Waals surface area contributed by atoms with Gasteiger partial charge in [0.2, 0.25) is 0 Å². The van der Waals surface area contributed by atoms with Crippen LogP contribution in [0.3, 0.4) is 0 Å². The van der Waals surface area contributed by atoms with E-state index in [0.29, 0.717) is 31.5 Å². The Morgan fingerprint density at radius 1 is 1.17 bits per heavy atom. The summed E-state index contributed by atoms with van der Waals surface area (Å²) in [6, 6.07) is 5.24. The van der Waals surface area contributed by atoms with Gasteiger partial charge < -0.3 is 9.80 Å². The summed E-state index contributed by atoms with van der Waals surface area (Å²) in [6.07, 6.45) is 0.777. The molecule has 1 aromatic carbocycles. The van der Waals surface area contributed by atoms with Crippen LogP contribution < -0.4 is 0 Å². The average molecular weight is 319 g/mol. The number of carbonyl (C=O) groups excluding carboxylic acids is 3. The molecule has 7 heteroatoms. The number of amides is 4. The minimum atomic E-state index is -0.857. The van der Waals surface area contributed by atoms with E-state index < -0.39 is 11.4 Å². The van der Waals surface area contributed by atoms with Gasteiger partial charge in [0, 0.05) is 32.7 Å². The van der Waals surface area contributed by atoms with Crippen LogP contribution in [0.25, 0.3) is 0 Å². The first-order valence-corrected chi connectivity index (χ1v) is 7.47. The summed E-state index contributed by atoms with van der Waals surface area (Å²) in [5.74, 6) is -0.933. The van der Waals surface area contributed by atoms with Gasteiger partial charge in [0.25, 0.3) is 11.8 Å². The van der Waals surface area contributed by atoms with E-state index in [1.54, 1.807) is 18.0 Å². The SMILES string of the molecule is CN1C(=O)N(C)C2(CCN(C(=O)c3cccc(F)c3)CC2)C1=O. The molecule has 1 spiro atoms. The van der Waals surface area contributed by atoms with Gasteiger partial charge in [-0.3, -0.25) is 14.5 Å². The number of imide groups is 1. The highest BCUT2D eigenvalue weighted by atomic mass is 19.1. The quantitative estimate of drug-likeness (QED) is 0.734. The molecule has 122 valence electrons. The molecule has 4 amide bonds. The maximum absolute atomic E-state index is 13.3. The molecule has 2 aliphatic rings. The number of hydrogen-bond acceptors (Lipinski definition) is 3. The second-order valence-corrected chi connectivity index (χ2v) is 6.04. The molecule has 2 saturated heterocycles. The third-order valence-corrected chi connectivity index (χ3v) is 4.87. The highest BCUT2D eigenvalue weighted by Crippen LogP contribution is 2.35. The van der Waals surface area contributed by atoms with Gasteiger partial charge in [-0.15, -0.1) is 0 Å². The molecule has 0 bridgehead atoms. The molecule has 3 rings (SSSR count). The number of likely N-dealkylation sites (N-methyl/N-ethyl adjacent to an activating group) is 2. The maximum Gasteiger partial charge on any atom is 0.327 e. The molecule has 23 heavy (non-hydrogen) atoms. The Kier molecular flexibility index (Phi) is 3.58. The van der Waals surface area contributed by atoms with Crippen LogP contribution in [-0.2, 0) is 4.79 Å². The monoisotopic (exact) mass is 319 g/mol. The minimum absolute atomic E-state index is 0.220. The largest absolute Gasteiger partial charge is 0.338 e. The Morgan fingerprint density at radius 2 is 1.83 bits per heavy atom. The van der Waals surface area contributed by atoms with Crippen molar-refractivity contribution < 1.29 is 18.8 Å². The zero-order valence-electron chi connectivity index (χ0n) is 13.1. The number of carbonyl (C=O) groups is 3. The van der Waals surface area contributed by atoms with Gasteiger partial charge in [0.15, 0.2) is 0 Å². The van der Waals surface area contributed by atoms with Crippen LogP contribution in [0.1, 0.15) is 23.2 Å². The zero-order chi connectivity index (χ0) is 16.8.